The third-order valence-electron chi connectivity index (χ3n) is 4.16. The minimum Gasteiger partial charge on any atom is -0.497 e. The first-order valence-electron chi connectivity index (χ1n) is 9.10. The van der Waals surface area contributed by atoms with Gasteiger partial charge in [0.1, 0.15) is 11.5 Å². The summed E-state index contributed by atoms with van der Waals surface area (Å²) >= 11 is 5.52. The number of hydrogen-bond acceptors (Lipinski definition) is 6. The summed E-state index contributed by atoms with van der Waals surface area (Å²) in [7, 11) is 1.61. The van der Waals surface area contributed by atoms with Crippen molar-refractivity contribution < 1.29 is 24.2 Å². The van der Waals surface area contributed by atoms with Crippen molar-refractivity contribution in [3.05, 3.63) is 54.0 Å². The number of likely N-dealkylation sites (N-methyl/N-ethyl adjacent to an activating group) is 1. The van der Waals surface area contributed by atoms with Crippen molar-refractivity contribution in [2.45, 2.75) is 6.92 Å². The number of thioether (sulfide) groups is 1. The monoisotopic (exact) mass is 664 g/mol. The van der Waals surface area contributed by atoms with Gasteiger partial charge in [0.2, 0.25) is 0 Å². The highest BCUT2D eigenvalue weighted by Gasteiger charge is 2.32. The van der Waals surface area contributed by atoms with Gasteiger partial charge in [-0.15, -0.1) is 0 Å². The Bertz CT molecular complexity index is 1050. The third-order valence-corrected chi connectivity index (χ3v) is 6.77. The average molecular weight is 664 g/mol. The van der Waals surface area contributed by atoms with Crippen LogP contribution < -0.4 is 9.47 Å². The van der Waals surface area contributed by atoms with E-state index >= 15 is 0 Å². The number of nitrogens with zero attached hydrogens (tertiary/aromatic N) is 2. The molecule has 1 amide bonds. The van der Waals surface area contributed by atoms with Crippen LogP contribution >= 0.6 is 56.9 Å². The number of amidine groups is 1. The number of halogens is 2. The molecule has 1 aliphatic rings. The zero-order valence-electron chi connectivity index (χ0n) is 16.6. The Morgan fingerprint density at radius 1 is 1.23 bits per heavy atom. The van der Waals surface area contributed by atoms with Gasteiger partial charge in [0.15, 0.2) is 11.8 Å². The fraction of sp³-hybridized carbons (Fsp3) is 0.190. The Morgan fingerprint density at radius 3 is 2.42 bits per heavy atom. The van der Waals surface area contributed by atoms with Crippen molar-refractivity contribution in [2.24, 2.45) is 4.99 Å². The second-order valence-electron chi connectivity index (χ2n) is 6.25. The average Bonchev–Trinajstić information content (AvgIpc) is 3.01. The SMILES string of the molecule is CCN1C(=O)/C(=C\c2cc(I)c(OCC(=O)O)c(I)c2)SC1=Nc1ccc(OC)cc1. The second kappa shape index (κ2) is 10.7. The number of ether oxygens (including phenoxy) is 2. The van der Waals surface area contributed by atoms with Gasteiger partial charge >= 0.3 is 5.97 Å². The highest BCUT2D eigenvalue weighted by atomic mass is 127. The molecule has 0 radical (unpaired) electrons. The molecule has 0 spiro atoms. The number of rotatable bonds is 7. The molecule has 1 heterocycles. The van der Waals surface area contributed by atoms with Crippen LogP contribution in [0.1, 0.15) is 12.5 Å². The minimum absolute atomic E-state index is 0.101. The molecule has 2 aromatic carbocycles. The molecule has 7 nitrogen and oxygen atoms in total. The van der Waals surface area contributed by atoms with Crippen molar-refractivity contribution >= 4 is 85.8 Å². The minimum atomic E-state index is -1.03. The summed E-state index contributed by atoms with van der Waals surface area (Å²) in [6, 6.07) is 11.0. The van der Waals surface area contributed by atoms with E-state index in [4.69, 9.17) is 14.6 Å². The zero-order valence-corrected chi connectivity index (χ0v) is 21.7. The summed E-state index contributed by atoms with van der Waals surface area (Å²) < 4.78 is 12.1. The molecule has 1 aliphatic heterocycles. The van der Waals surface area contributed by atoms with Crippen LogP contribution in [0.3, 0.4) is 0 Å². The van der Waals surface area contributed by atoms with Gasteiger partial charge in [-0.2, -0.15) is 0 Å². The van der Waals surface area contributed by atoms with Crippen LogP contribution in [0.25, 0.3) is 6.08 Å². The van der Waals surface area contributed by atoms with Gasteiger partial charge in [0.05, 0.1) is 24.8 Å². The van der Waals surface area contributed by atoms with Gasteiger partial charge in [-0.3, -0.25) is 9.69 Å². The second-order valence-corrected chi connectivity index (χ2v) is 9.58. The van der Waals surface area contributed by atoms with E-state index in [0.29, 0.717) is 22.4 Å². The molecule has 0 bridgehead atoms. The van der Waals surface area contributed by atoms with Crippen LogP contribution in [0.15, 0.2) is 46.3 Å². The molecular formula is C21H18I2N2O5S. The summed E-state index contributed by atoms with van der Waals surface area (Å²) in [4.78, 5) is 30.5. The normalized spacial score (nSPS) is 16.3. The number of benzene rings is 2. The number of carboxylic acids is 1. The van der Waals surface area contributed by atoms with Crippen molar-refractivity contribution in [3.63, 3.8) is 0 Å². The number of methoxy groups -OCH3 is 1. The molecule has 0 aromatic heterocycles. The van der Waals surface area contributed by atoms with Gasteiger partial charge in [0, 0.05) is 6.54 Å². The third kappa shape index (κ3) is 5.92. The molecule has 0 unspecified atom stereocenters. The zero-order chi connectivity index (χ0) is 22.5. The molecule has 0 atom stereocenters. The first-order chi connectivity index (χ1) is 14.8. The summed E-state index contributed by atoms with van der Waals surface area (Å²) in [6.07, 6.45) is 1.82. The van der Waals surface area contributed by atoms with Gasteiger partial charge < -0.3 is 14.6 Å². The topological polar surface area (TPSA) is 88.4 Å². The number of carboxylic acid groups (broad SMARTS) is 1. The number of carbonyl (C=O) groups excluding carboxylic acids is 1. The fourth-order valence-electron chi connectivity index (χ4n) is 2.72. The molecule has 162 valence electrons. The Morgan fingerprint density at radius 2 is 1.87 bits per heavy atom. The van der Waals surface area contributed by atoms with Gasteiger partial charge in [0.25, 0.3) is 5.91 Å². The lowest BCUT2D eigenvalue weighted by Gasteiger charge is -2.12. The first-order valence-corrected chi connectivity index (χ1v) is 12.1. The van der Waals surface area contributed by atoms with Crippen molar-refractivity contribution in [3.8, 4) is 11.5 Å². The molecule has 1 N–H and O–H groups in total. The molecule has 10 heteroatoms. The van der Waals surface area contributed by atoms with E-state index in [0.717, 1.165) is 24.1 Å². The summed E-state index contributed by atoms with van der Waals surface area (Å²) in [5, 5.41) is 9.45. The molecule has 1 fully saturated rings. The molecule has 3 rings (SSSR count). The van der Waals surface area contributed by atoms with E-state index in [1.807, 2.05) is 49.4 Å². The summed E-state index contributed by atoms with van der Waals surface area (Å²) in [6.45, 7) is 2.01. The molecule has 1 saturated heterocycles. The Kier molecular flexibility index (Phi) is 8.22. The van der Waals surface area contributed by atoms with Crippen LogP contribution in [0.4, 0.5) is 5.69 Å². The van der Waals surface area contributed by atoms with E-state index in [-0.39, 0.29) is 5.91 Å². The predicted octanol–water partition coefficient (Wildman–Crippen LogP) is 4.99. The largest absolute Gasteiger partial charge is 0.497 e. The summed E-state index contributed by atoms with van der Waals surface area (Å²) in [5.74, 6) is 0.130. The lowest BCUT2D eigenvalue weighted by Crippen LogP contribution is -2.28. The maximum atomic E-state index is 12.9. The number of hydrogen-bond donors (Lipinski definition) is 1. The lowest BCUT2D eigenvalue weighted by molar-refractivity contribution is -0.139. The van der Waals surface area contributed by atoms with E-state index in [1.54, 1.807) is 12.0 Å². The predicted molar refractivity (Wildman–Crippen MR) is 138 cm³/mol. The number of aliphatic imine (C=N–C) groups is 1. The highest BCUT2D eigenvalue weighted by Crippen LogP contribution is 2.36. The smallest absolute Gasteiger partial charge is 0.341 e. The molecule has 2 aromatic rings. The maximum Gasteiger partial charge on any atom is 0.341 e. The standard InChI is InChI=1S/C21H18I2N2O5S/c1-3-25-20(28)17(31-21(25)24-13-4-6-14(29-2)7-5-13)10-12-8-15(22)19(16(23)9-12)30-11-18(26)27/h4-10H,3,11H2,1-2H3,(H,26,27)/b17-10+,24-21?. The van der Waals surface area contributed by atoms with Gasteiger partial charge in [-0.25, -0.2) is 9.79 Å². The van der Waals surface area contributed by atoms with Gasteiger partial charge in [-0.05, 0) is 112 Å². The van der Waals surface area contributed by atoms with Crippen LogP contribution in [0, 0.1) is 7.14 Å². The molecular weight excluding hydrogens is 646 g/mol. The first kappa shape index (κ1) is 23.9. The maximum absolute atomic E-state index is 12.9. The van der Waals surface area contributed by atoms with Crippen molar-refractivity contribution in [1.82, 2.24) is 4.90 Å². The summed E-state index contributed by atoms with van der Waals surface area (Å²) in [5.41, 5.74) is 1.56. The van der Waals surface area contributed by atoms with Crippen LogP contribution in [0.5, 0.6) is 11.5 Å². The van der Waals surface area contributed by atoms with E-state index in [9.17, 15) is 9.59 Å². The van der Waals surface area contributed by atoms with E-state index < -0.39 is 12.6 Å². The van der Waals surface area contributed by atoms with Crippen LogP contribution in [0.2, 0.25) is 0 Å². The molecule has 0 aliphatic carbocycles. The van der Waals surface area contributed by atoms with Gasteiger partial charge in [-0.1, -0.05) is 0 Å². The van der Waals surface area contributed by atoms with E-state index in [1.165, 1.54) is 11.8 Å². The quantitative estimate of drug-likeness (QED) is 0.332. The van der Waals surface area contributed by atoms with Crippen molar-refractivity contribution in [1.29, 1.82) is 0 Å². The number of aliphatic carboxylic acids is 1. The van der Waals surface area contributed by atoms with Crippen LogP contribution in [-0.2, 0) is 9.59 Å². The van der Waals surface area contributed by atoms with Crippen molar-refractivity contribution in [2.75, 3.05) is 20.3 Å². The highest BCUT2D eigenvalue weighted by molar-refractivity contribution is 14.1. The number of carbonyl (C=O) groups is 2. The van der Waals surface area contributed by atoms with E-state index in [2.05, 4.69) is 50.2 Å². The fourth-order valence-corrected chi connectivity index (χ4v) is 5.91. The van der Waals surface area contributed by atoms with Crippen LogP contribution in [-0.4, -0.2) is 47.3 Å². The Hall–Kier alpha value is -1.80. The molecule has 31 heavy (non-hydrogen) atoms. The molecule has 0 saturated carbocycles. The number of amides is 1. The lowest BCUT2D eigenvalue weighted by atomic mass is 10.2. The Balaban J connectivity index is 1.87. The Labute approximate surface area is 211 Å².